The van der Waals surface area contributed by atoms with Gasteiger partial charge in [0.25, 0.3) is 0 Å². The summed E-state index contributed by atoms with van der Waals surface area (Å²) in [4.78, 5) is 23.2. The summed E-state index contributed by atoms with van der Waals surface area (Å²) >= 11 is 0. The van der Waals surface area contributed by atoms with Gasteiger partial charge in [-0.3, -0.25) is 4.79 Å². The SMILES string of the molecule is C[C@@H](NC(=O)CC1CCC1)C(=O)OC(C)(C)C. The highest BCUT2D eigenvalue weighted by Gasteiger charge is 2.25. The summed E-state index contributed by atoms with van der Waals surface area (Å²) < 4.78 is 5.19. The third-order valence-electron chi connectivity index (χ3n) is 2.84. The smallest absolute Gasteiger partial charge is 0.328 e. The molecule has 1 N–H and O–H groups in total. The van der Waals surface area contributed by atoms with Gasteiger partial charge in [-0.05, 0) is 46.5 Å². The van der Waals surface area contributed by atoms with Crippen molar-refractivity contribution in [2.24, 2.45) is 5.92 Å². The average molecular weight is 241 g/mol. The molecule has 0 unspecified atom stereocenters. The fraction of sp³-hybridized carbons (Fsp3) is 0.846. The molecule has 0 aromatic rings. The van der Waals surface area contributed by atoms with Gasteiger partial charge >= 0.3 is 5.97 Å². The summed E-state index contributed by atoms with van der Waals surface area (Å²) in [5, 5.41) is 2.69. The Morgan fingerprint density at radius 3 is 2.35 bits per heavy atom. The average Bonchev–Trinajstić information content (AvgIpc) is 2.08. The Bertz CT molecular complexity index is 290. The predicted molar refractivity (Wildman–Crippen MR) is 65.4 cm³/mol. The van der Waals surface area contributed by atoms with Crippen LogP contribution in [0.3, 0.4) is 0 Å². The molecule has 1 aliphatic rings. The second-order valence-electron chi connectivity index (χ2n) is 5.82. The van der Waals surface area contributed by atoms with E-state index >= 15 is 0 Å². The van der Waals surface area contributed by atoms with Crippen molar-refractivity contribution in [1.29, 1.82) is 0 Å². The maximum absolute atomic E-state index is 11.6. The number of carbonyl (C=O) groups is 2. The van der Waals surface area contributed by atoms with Crippen LogP contribution in [0, 0.1) is 5.92 Å². The molecule has 1 saturated carbocycles. The van der Waals surface area contributed by atoms with Crippen molar-refractivity contribution < 1.29 is 14.3 Å². The van der Waals surface area contributed by atoms with Gasteiger partial charge in [-0.1, -0.05) is 6.42 Å². The largest absolute Gasteiger partial charge is 0.458 e. The predicted octanol–water partition coefficient (Wildman–Crippen LogP) is 2.02. The zero-order valence-electron chi connectivity index (χ0n) is 11.2. The van der Waals surface area contributed by atoms with Gasteiger partial charge in [0.15, 0.2) is 0 Å². The van der Waals surface area contributed by atoms with Gasteiger partial charge in [-0.25, -0.2) is 4.79 Å². The molecule has 0 radical (unpaired) electrons. The van der Waals surface area contributed by atoms with Crippen LogP contribution in [-0.2, 0) is 14.3 Å². The minimum absolute atomic E-state index is 0.0481. The lowest BCUT2D eigenvalue weighted by atomic mass is 9.83. The van der Waals surface area contributed by atoms with Gasteiger partial charge in [-0.15, -0.1) is 0 Å². The first-order valence-corrected chi connectivity index (χ1v) is 6.30. The van der Waals surface area contributed by atoms with E-state index in [0.29, 0.717) is 12.3 Å². The Morgan fingerprint density at radius 2 is 1.94 bits per heavy atom. The van der Waals surface area contributed by atoms with E-state index in [-0.39, 0.29) is 11.9 Å². The number of ether oxygens (including phenoxy) is 1. The lowest BCUT2D eigenvalue weighted by Crippen LogP contribution is -2.42. The summed E-state index contributed by atoms with van der Waals surface area (Å²) in [7, 11) is 0. The maximum atomic E-state index is 11.6. The molecule has 4 heteroatoms. The van der Waals surface area contributed by atoms with E-state index in [0.717, 1.165) is 12.8 Å². The molecule has 0 aromatic heterocycles. The van der Waals surface area contributed by atoms with Crippen LogP contribution >= 0.6 is 0 Å². The number of rotatable bonds is 4. The van der Waals surface area contributed by atoms with E-state index in [9.17, 15) is 9.59 Å². The van der Waals surface area contributed by atoms with Crippen LogP contribution in [-0.4, -0.2) is 23.5 Å². The fourth-order valence-electron chi connectivity index (χ4n) is 1.71. The van der Waals surface area contributed by atoms with Crippen molar-refractivity contribution >= 4 is 11.9 Å². The summed E-state index contributed by atoms with van der Waals surface area (Å²) in [6, 6.07) is -0.568. The molecule has 1 atom stereocenters. The number of nitrogens with one attached hydrogen (secondary N) is 1. The number of amides is 1. The molecule has 98 valence electrons. The van der Waals surface area contributed by atoms with Gasteiger partial charge in [-0.2, -0.15) is 0 Å². The lowest BCUT2D eigenvalue weighted by Gasteiger charge is -2.26. The van der Waals surface area contributed by atoms with Crippen molar-refractivity contribution in [2.45, 2.75) is 65.0 Å². The zero-order chi connectivity index (χ0) is 13.1. The van der Waals surface area contributed by atoms with Crippen molar-refractivity contribution in [3.63, 3.8) is 0 Å². The minimum Gasteiger partial charge on any atom is -0.458 e. The Morgan fingerprint density at radius 1 is 1.35 bits per heavy atom. The van der Waals surface area contributed by atoms with Crippen LogP contribution in [0.2, 0.25) is 0 Å². The summed E-state index contributed by atoms with van der Waals surface area (Å²) in [6.07, 6.45) is 4.02. The van der Waals surface area contributed by atoms with Crippen molar-refractivity contribution in [2.75, 3.05) is 0 Å². The van der Waals surface area contributed by atoms with Crippen LogP contribution in [0.25, 0.3) is 0 Å². The number of hydrogen-bond acceptors (Lipinski definition) is 3. The number of esters is 1. The summed E-state index contributed by atoms with van der Waals surface area (Å²) in [6.45, 7) is 7.10. The molecule has 17 heavy (non-hydrogen) atoms. The normalized spacial score (nSPS) is 18.1. The van der Waals surface area contributed by atoms with Crippen LogP contribution in [0.5, 0.6) is 0 Å². The third-order valence-corrected chi connectivity index (χ3v) is 2.84. The van der Waals surface area contributed by atoms with Gasteiger partial charge in [0, 0.05) is 6.42 Å². The maximum Gasteiger partial charge on any atom is 0.328 e. The first-order chi connectivity index (χ1) is 7.78. The molecule has 0 aliphatic heterocycles. The molecule has 1 aliphatic carbocycles. The Balaban J connectivity index is 2.29. The minimum atomic E-state index is -0.568. The first kappa shape index (κ1) is 14.0. The zero-order valence-corrected chi connectivity index (χ0v) is 11.2. The summed E-state index contributed by atoms with van der Waals surface area (Å²) in [5.41, 5.74) is -0.510. The Hall–Kier alpha value is -1.06. The molecular weight excluding hydrogens is 218 g/mol. The van der Waals surface area contributed by atoms with Gasteiger partial charge in [0.1, 0.15) is 11.6 Å². The van der Waals surface area contributed by atoms with E-state index in [1.807, 2.05) is 20.8 Å². The van der Waals surface area contributed by atoms with Gasteiger partial charge in [0.05, 0.1) is 0 Å². The highest BCUT2D eigenvalue weighted by atomic mass is 16.6. The topological polar surface area (TPSA) is 55.4 Å². The second kappa shape index (κ2) is 5.52. The quantitative estimate of drug-likeness (QED) is 0.766. The van der Waals surface area contributed by atoms with E-state index in [1.54, 1.807) is 6.92 Å². The first-order valence-electron chi connectivity index (χ1n) is 6.30. The van der Waals surface area contributed by atoms with Gasteiger partial charge < -0.3 is 10.1 Å². The van der Waals surface area contributed by atoms with E-state index in [4.69, 9.17) is 4.74 Å². The van der Waals surface area contributed by atoms with E-state index < -0.39 is 11.6 Å². The Labute approximate surface area is 103 Å². The molecule has 4 nitrogen and oxygen atoms in total. The molecule has 1 rings (SSSR count). The molecule has 1 fully saturated rings. The van der Waals surface area contributed by atoms with E-state index in [1.165, 1.54) is 6.42 Å². The van der Waals surface area contributed by atoms with Crippen LogP contribution in [0.4, 0.5) is 0 Å². The second-order valence-corrected chi connectivity index (χ2v) is 5.82. The van der Waals surface area contributed by atoms with Gasteiger partial charge in [0.2, 0.25) is 5.91 Å². The van der Waals surface area contributed by atoms with E-state index in [2.05, 4.69) is 5.32 Å². The summed E-state index contributed by atoms with van der Waals surface area (Å²) in [5.74, 6) is 0.0911. The molecule has 0 aromatic carbocycles. The molecule has 1 amide bonds. The highest BCUT2D eigenvalue weighted by Crippen LogP contribution is 2.29. The van der Waals surface area contributed by atoms with Crippen molar-refractivity contribution in [3.05, 3.63) is 0 Å². The highest BCUT2D eigenvalue weighted by molar-refractivity contribution is 5.84. The standard InChI is InChI=1S/C13H23NO3/c1-9(12(16)17-13(2,3)4)14-11(15)8-10-6-5-7-10/h9-10H,5-8H2,1-4H3,(H,14,15)/t9-/m1/s1. The molecule has 0 saturated heterocycles. The van der Waals surface area contributed by atoms with Crippen LogP contribution in [0.15, 0.2) is 0 Å². The third kappa shape index (κ3) is 5.20. The van der Waals surface area contributed by atoms with Crippen molar-refractivity contribution in [3.8, 4) is 0 Å². The Kier molecular flexibility index (Phi) is 4.54. The monoisotopic (exact) mass is 241 g/mol. The number of hydrogen-bond donors (Lipinski definition) is 1. The molecule has 0 heterocycles. The van der Waals surface area contributed by atoms with Crippen LogP contribution in [0.1, 0.15) is 53.4 Å². The fourth-order valence-corrected chi connectivity index (χ4v) is 1.71. The van der Waals surface area contributed by atoms with Crippen molar-refractivity contribution in [1.82, 2.24) is 5.32 Å². The lowest BCUT2D eigenvalue weighted by molar-refractivity contribution is -0.158. The molecule has 0 bridgehead atoms. The molecule has 0 spiro atoms. The number of carbonyl (C=O) groups excluding carboxylic acids is 2. The molecular formula is C13H23NO3. The van der Waals surface area contributed by atoms with Crippen LogP contribution < -0.4 is 5.32 Å².